The van der Waals surface area contributed by atoms with Crippen molar-refractivity contribution in [2.24, 2.45) is 0 Å². The Hall–Kier alpha value is -0.330. The Labute approximate surface area is 86.1 Å². The number of benzene rings is 1. The summed E-state index contributed by atoms with van der Waals surface area (Å²) >= 11 is 0.440. The van der Waals surface area contributed by atoms with E-state index >= 15 is 0 Å². The van der Waals surface area contributed by atoms with Crippen LogP contribution in [0.25, 0.3) is 0 Å². The molecule has 1 rings (SSSR count). The smallest absolute Gasteiger partial charge is 0.193 e. The third-order valence-electron chi connectivity index (χ3n) is 1.49. The molecule has 0 radical (unpaired) electrons. The molecule has 0 aromatic heterocycles. The van der Waals surface area contributed by atoms with Crippen LogP contribution in [-0.4, -0.2) is 3.93 Å². The molecule has 0 atom stereocenters. The predicted octanol–water partition coefficient (Wildman–Crippen LogP) is 3.81. The summed E-state index contributed by atoms with van der Waals surface area (Å²) in [6.45, 7) is 0. The summed E-state index contributed by atoms with van der Waals surface area (Å²) < 4.78 is 46.6. The standard InChI is InChI=1S/C8H5F4I/c9-7(10,8(11,12)13)6-4-2-1-3-5-6/h1-5H. The lowest BCUT2D eigenvalue weighted by Gasteiger charge is -2.21. The van der Waals surface area contributed by atoms with E-state index in [2.05, 4.69) is 0 Å². The van der Waals surface area contributed by atoms with Gasteiger partial charge >= 0.3 is 9.85 Å². The Kier molecular flexibility index (Phi) is 2.84. The normalized spacial score (nSPS) is 13.0. The van der Waals surface area contributed by atoms with Gasteiger partial charge in [0.05, 0.1) is 0 Å². The quantitative estimate of drug-likeness (QED) is 0.443. The van der Waals surface area contributed by atoms with Crippen molar-refractivity contribution in [3.05, 3.63) is 35.9 Å². The van der Waals surface area contributed by atoms with Crippen LogP contribution in [0.2, 0.25) is 0 Å². The molecule has 0 fully saturated rings. The van der Waals surface area contributed by atoms with E-state index in [1.807, 2.05) is 0 Å². The van der Waals surface area contributed by atoms with Crippen molar-refractivity contribution in [1.82, 2.24) is 0 Å². The highest BCUT2D eigenvalue weighted by molar-refractivity contribution is 14.1. The van der Waals surface area contributed by atoms with Crippen molar-refractivity contribution in [2.45, 2.75) is 9.85 Å². The van der Waals surface area contributed by atoms with E-state index in [4.69, 9.17) is 0 Å². The molecule has 0 saturated heterocycles. The molecule has 0 spiro atoms. The van der Waals surface area contributed by atoms with Gasteiger partial charge in [-0.05, 0) is 0 Å². The first-order valence-corrected chi connectivity index (χ1v) is 4.43. The van der Waals surface area contributed by atoms with Gasteiger partial charge in [-0.2, -0.15) is 17.6 Å². The van der Waals surface area contributed by atoms with Gasteiger partial charge in [0.15, 0.2) is 0 Å². The van der Waals surface area contributed by atoms with E-state index < -0.39 is 15.4 Å². The van der Waals surface area contributed by atoms with Gasteiger partial charge in [0, 0.05) is 28.2 Å². The third kappa shape index (κ3) is 2.12. The Morgan fingerprint density at radius 1 is 0.923 bits per heavy atom. The van der Waals surface area contributed by atoms with Gasteiger partial charge in [0.2, 0.25) is 0 Å². The summed E-state index contributed by atoms with van der Waals surface area (Å²) in [6.07, 6.45) is 0. The van der Waals surface area contributed by atoms with E-state index in [0.29, 0.717) is 22.6 Å². The lowest BCUT2D eigenvalue weighted by molar-refractivity contribution is -0.147. The molecule has 0 unspecified atom stereocenters. The maximum absolute atomic E-state index is 12.9. The highest BCUT2D eigenvalue weighted by Gasteiger charge is 2.55. The van der Waals surface area contributed by atoms with Crippen molar-refractivity contribution < 1.29 is 17.6 Å². The van der Waals surface area contributed by atoms with Crippen LogP contribution in [0.5, 0.6) is 0 Å². The topological polar surface area (TPSA) is 0 Å². The number of hydrogen-bond acceptors (Lipinski definition) is 0. The Morgan fingerprint density at radius 3 is 1.77 bits per heavy atom. The summed E-state index contributed by atoms with van der Waals surface area (Å²) in [4.78, 5) is 0. The first kappa shape index (κ1) is 10.7. The largest absolute Gasteiger partial charge is 0.362 e. The van der Waals surface area contributed by atoms with Gasteiger partial charge < -0.3 is 0 Å². The lowest BCUT2D eigenvalue weighted by Crippen LogP contribution is -2.31. The SMILES string of the molecule is FC(F)(I)C(F)(F)c1ccccc1. The van der Waals surface area contributed by atoms with Gasteiger partial charge in [-0.25, -0.2) is 0 Å². The highest BCUT2D eigenvalue weighted by Crippen LogP contribution is 2.46. The Balaban J connectivity index is 3.08. The summed E-state index contributed by atoms with van der Waals surface area (Å²) in [5.74, 6) is -4.12. The van der Waals surface area contributed by atoms with Crippen LogP contribution >= 0.6 is 22.6 Å². The summed E-state index contributed by atoms with van der Waals surface area (Å²) in [5, 5.41) is 0. The van der Waals surface area contributed by atoms with E-state index in [1.165, 1.54) is 18.2 Å². The van der Waals surface area contributed by atoms with E-state index in [0.717, 1.165) is 12.1 Å². The fourth-order valence-electron chi connectivity index (χ4n) is 0.811. The number of rotatable bonds is 2. The van der Waals surface area contributed by atoms with Crippen LogP contribution in [0.15, 0.2) is 30.3 Å². The summed E-state index contributed by atoms with van der Waals surface area (Å²) in [5.41, 5.74) is -0.672. The zero-order chi connectivity index (χ0) is 10.1. The molecule has 0 heterocycles. The monoisotopic (exact) mass is 304 g/mol. The zero-order valence-corrected chi connectivity index (χ0v) is 8.43. The number of alkyl halides is 5. The molecule has 0 aliphatic carbocycles. The molecule has 0 saturated carbocycles. The minimum Gasteiger partial charge on any atom is -0.193 e. The molecule has 0 amide bonds. The molecule has 0 N–H and O–H groups in total. The highest BCUT2D eigenvalue weighted by atomic mass is 127. The molecule has 0 bridgehead atoms. The van der Waals surface area contributed by atoms with Crippen LogP contribution in [0, 0.1) is 0 Å². The van der Waals surface area contributed by atoms with Crippen molar-refractivity contribution >= 4 is 22.6 Å². The predicted molar refractivity (Wildman–Crippen MR) is 49.3 cm³/mol. The van der Waals surface area contributed by atoms with Crippen molar-refractivity contribution in [1.29, 1.82) is 0 Å². The van der Waals surface area contributed by atoms with Crippen LogP contribution < -0.4 is 0 Å². The fraction of sp³-hybridized carbons (Fsp3) is 0.250. The van der Waals surface area contributed by atoms with E-state index in [1.54, 1.807) is 0 Å². The molecule has 13 heavy (non-hydrogen) atoms. The second-order valence-electron chi connectivity index (χ2n) is 2.44. The lowest BCUT2D eigenvalue weighted by atomic mass is 10.1. The number of hydrogen-bond donors (Lipinski definition) is 0. The second-order valence-corrected chi connectivity index (χ2v) is 3.79. The summed E-state index contributed by atoms with van der Waals surface area (Å²) in [7, 11) is 0. The first-order valence-electron chi connectivity index (χ1n) is 3.36. The maximum Gasteiger partial charge on any atom is 0.362 e. The van der Waals surface area contributed by atoms with Crippen LogP contribution in [-0.2, 0) is 5.92 Å². The molecule has 5 heteroatoms. The van der Waals surface area contributed by atoms with Crippen molar-refractivity contribution in [3.8, 4) is 0 Å². The van der Waals surface area contributed by atoms with Gasteiger partial charge in [0.1, 0.15) is 0 Å². The number of halogens is 5. The minimum atomic E-state index is -4.12. The van der Waals surface area contributed by atoms with Crippen molar-refractivity contribution in [3.63, 3.8) is 0 Å². The van der Waals surface area contributed by atoms with Gasteiger partial charge in [-0.1, -0.05) is 30.3 Å². The van der Waals surface area contributed by atoms with Crippen LogP contribution in [0.4, 0.5) is 17.6 Å². The first-order chi connectivity index (χ1) is 5.86. The Morgan fingerprint density at radius 2 is 1.38 bits per heavy atom. The average molecular weight is 304 g/mol. The van der Waals surface area contributed by atoms with E-state index in [9.17, 15) is 17.6 Å². The molecule has 0 aliphatic rings. The molecular formula is C8H5F4I. The van der Waals surface area contributed by atoms with Gasteiger partial charge in [0.25, 0.3) is 0 Å². The summed E-state index contributed by atoms with van der Waals surface area (Å²) in [6, 6.07) is 6.04. The molecule has 1 aromatic rings. The molecule has 0 nitrogen and oxygen atoms in total. The fourth-order valence-corrected chi connectivity index (χ4v) is 1.12. The Bertz CT molecular complexity index is 278. The van der Waals surface area contributed by atoms with E-state index in [-0.39, 0.29) is 0 Å². The van der Waals surface area contributed by atoms with Crippen molar-refractivity contribution in [2.75, 3.05) is 0 Å². The maximum atomic E-state index is 12.9. The molecule has 0 aliphatic heterocycles. The second kappa shape index (κ2) is 3.43. The van der Waals surface area contributed by atoms with Crippen LogP contribution in [0.3, 0.4) is 0 Å². The molecule has 72 valence electrons. The third-order valence-corrected chi connectivity index (χ3v) is 2.17. The van der Waals surface area contributed by atoms with Crippen LogP contribution in [0.1, 0.15) is 5.56 Å². The molecule has 1 aromatic carbocycles. The zero-order valence-electron chi connectivity index (χ0n) is 6.28. The minimum absolute atomic E-state index is 0.440. The average Bonchev–Trinajstić information content (AvgIpc) is 2.04. The van der Waals surface area contributed by atoms with Gasteiger partial charge in [-0.3, -0.25) is 0 Å². The van der Waals surface area contributed by atoms with Gasteiger partial charge in [-0.15, -0.1) is 0 Å². The molecular weight excluding hydrogens is 299 g/mol.